The van der Waals surface area contributed by atoms with Crippen LogP contribution in [0, 0.1) is 11.8 Å². The molecule has 1 N–H and O–H groups in total. The lowest BCUT2D eigenvalue weighted by Gasteiger charge is -2.36. The first-order valence-electron chi connectivity index (χ1n) is 7.09. The Kier molecular flexibility index (Phi) is 3.74. The average Bonchev–Trinajstić information content (AvgIpc) is 3.06. The summed E-state index contributed by atoms with van der Waals surface area (Å²) in [7, 11) is -3.26. The van der Waals surface area contributed by atoms with E-state index in [1.165, 1.54) is 4.31 Å². The SMILES string of the molecule is CS(=O)(=O)N1CCN(C(=O)C2C3C=CC(O3)C2C(=O)O)CC1. The van der Waals surface area contributed by atoms with Gasteiger partial charge < -0.3 is 14.7 Å². The Bertz CT molecular complexity index is 622. The second-order valence-electron chi connectivity index (χ2n) is 5.83. The molecule has 9 heteroatoms. The van der Waals surface area contributed by atoms with Gasteiger partial charge in [-0.1, -0.05) is 12.2 Å². The average molecular weight is 330 g/mol. The van der Waals surface area contributed by atoms with Gasteiger partial charge >= 0.3 is 5.97 Å². The minimum Gasteiger partial charge on any atom is -0.481 e. The first-order chi connectivity index (χ1) is 10.3. The van der Waals surface area contributed by atoms with Crippen LogP contribution in [0.25, 0.3) is 0 Å². The number of piperazine rings is 1. The third-order valence-electron chi connectivity index (χ3n) is 4.49. The lowest BCUT2D eigenvalue weighted by Crippen LogP contribution is -2.53. The number of rotatable bonds is 3. The molecule has 2 bridgehead atoms. The zero-order valence-electron chi connectivity index (χ0n) is 12.1. The van der Waals surface area contributed by atoms with Gasteiger partial charge in [-0.05, 0) is 0 Å². The molecule has 0 spiro atoms. The summed E-state index contributed by atoms with van der Waals surface area (Å²) in [5.74, 6) is -2.89. The number of amides is 1. The molecule has 0 aromatic carbocycles. The van der Waals surface area contributed by atoms with Crippen molar-refractivity contribution in [3.63, 3.8) is 0 Å². The first kappa shape index (κ1) is 15.4. The predicted molar refractivity (Wildman–Crippen MR) is 75.4 cm³/mol. The number of carbonyl (C=O) groups is 2. The second-order valence-corrected chi connectivity index (χ2v) is 7.81. The van der Waals surface area contributed by atoms with E-state index in [-0.39, 0.29) is 32.1 Å². The lowest BCUT2D eigenvalue weighted by molar-refractivity contribution is -0.150. The minimum absolute atomic E-state index is 0.236. The van der Waals surface area contributed by atoms with E-state index < -0.39 is 40.0 Å². The standard InChI is InChI=1S/C13H18N2O6S/c1-22(19,20)15-6-4-14(5-7-15)12(16)10-8-2-3-9(21-8)11(10)13(17)18/h2-3,8-11H,4-7H2,1H3,(H,17,18). The van der Waals surface area contributed by atoms with E-state index in [2.05, 4.69) is 0 Å². The maximum atomic E-state index is 12.6. The van der Waals surface area contributed by atoms with Crippen LogP contribution in [0.4, 0.5) is 0 Å². The number of sulfonamides is 1. The van der Waals surface area contributed by atoms with Crippen molar-refractivity contribution < 1.29 is 27.9 Å². The van der Waals surface area contributed by atoms with Gasteiger partial charge in [-0.15, -0.1) is 0 Å². The highest BCUT2D eigenvalue weighted by Crippen LogP contribution is 2.40. The molecule has 3 rings (SSSR count). The predicted octanol–water partition coefficient (Wildman–Crippen LogP) is -1.26. The Balaban J connectivity index is 1.70. The van der Waals surface area contributed by atoms with Gasteiger partial charge in [-0.25, -0.2) is 8.42 Å². The molecule has 22 heavy (non-hydrogen) atoms. The molecule has 0 aromatic rings. The number of carboxylic acid groups (broad SMARTS) is 1. The zero-order chi connectivity index (χ0) is 16.1. The molecule has 4 atom stereocenters. The van der Waals surface area contributed by atoms with Gasteiger partial charge in [0.25, 0.3) is 0 Å². The fraction of sp³-hybridized carbons (Fsp3) is 0.692. The number of carbonyl (C=O) groups excluding carboxylic acids is 1. The van der Waals surface area contributed by atoms with Crippen molar-refractivity contribution >= 4 is 21.9 Å². The normalized spacial score (nSPS) is 35.0. The number of fused-ring (bicyclic) bond motifs is 2. The van der Waals surface area contributed by atoms with Crippen LogP contribution in [-0.2, 0) is 24.3 Å². The summed E-state index contributed by atoms with van der Waals surface area (Å²) in [6.07, 6.45) is 3.52. The highest BCUT2D eigenvalue weighted by molar-refractivity contribution is 7.88. The van der Waals surface area contributed by atoms with Gasteiger partial charge in [-0.3, -0.25) is 9.59 Å². The number of hydrogen-bond donors (Lipinski definition) is 1. The van der Waals surface area contributed by atoms with Gasteiger partial charge in [0.1, 0.15) is 5.92 Å². The summed E-state index contributed by atoms with van der Waals surface area (Å²) in [4.78, 5) is 25.6. The Morgan fingerprint density at radius 1 is 1.09 bits per heavy atom. The van der Waals surface area contributed by atoms with E-state index in [1.54, 1.807) is 17.1 Å². The third-order valence-corrected chi connectivity index (χ3v) is 5.79. The van der Waals surface area contributed by atoms with Crippen molar-refractivity contribution in [2.45, 2.75) is 12.2 Å². The van der Waals surface area contributed by atoms with Crippen molar-refractivity contribution in [1.29, 1.82) is 0 Å². The van der Waals surface area contributed by atoms with Crippen LogP contribution in [0.1, 0.15) is 0 Å². The molecule has 122 valence electrons. The van der Waals surface area contributed by atoms with E-state index in [0.717, 1.165) is 6.26 Å². The van der Waals surface area contributed by atoms with Crippen molar-refractivity contribution in [3.8, 4) is 0 Å². The second kappa shape index (κ2) is 5.32. The fourth-order valence-corrected chi connectivity index (χ4v) is 4.17. The van der Waals surface area contributed by atoms with E-state index in [9.17, 15) is 23.1 Å². The van der Waals surface area contributed by atoms with Crippen molar-refractivity contribution in [1.82, 2.24) is 9.21 Å². The summed E-state index contributed by atoms with van der Waals surface area (Å²) < 4.78 is 29.8. The van der Waals surface area contributed by atoms with E-state index in [0.29, 0.717) is 0 Å². The summed E-state index contributed by atoms with van der Waals surface area (Å²) in [5.41, 5.74) is 0. The quantitative estimate of drug-likeness (QED) is 0.648. The van der Waals surface area contributed by atoms with Gasteiger partial charge in [0.2, 0.25) is 15.9 Å². The molecular formula is C13H18N2O6S. The minimum atomic E-state index is -3.26. The molecular weight excluding hydrogens is 312 g/mol. The number of ether oxygens (including phenoxy) is 1. The molecule has 2 saturated heterocycles. The third kappa shape index (κ3) is 2.53. The van der Waals surface area contributed by atoms with Crippen LogP contribution in [0.15, 0.2) is 12.2 Å². The number of aliphatic carboxylic acids is 1. The zero-order valence-corrected chi connectivity index (χ0v) is 12.9. The summed E-state index contributed by atoms with van der Waals surface area (Å²) >= 11 is 0. The lowest BCUT2D eigenvalue weighted by atomic mass is 9.82. The molecule has 3 aliphatic heterocycles. The Morgan fingerprint density at radius 2 is 1.64 bits per heavy atom. The molecule has 3 aliphatic rings. The number of hydrogen-bond acceptors (Lipinski definition) is 5. The van der Waals surface area contributed by atoms with Crippen LogP contribution in [-0.4, -0.2) is 79.2 Å². The van der Waals surface area contributed by atoms with Crippen LogP contribution in [0.2, 0.25) is 0 Å². The van der Waals surface area contributed by atoms with E-state index in [1.807, 2.05) is 0 Å². The van der Waals surface area contributed by atoms with Gasteiger partial charge in [0.15, 0.2) is 0 Å². The van der Waals surface area contributed by atoms with E-state index >= 15 is 0 Å². The summed E-state index contributed by atoms with van der Waals surface area (Å²) in [6.45, 7) is 1.02. The molecule has 1 amide bonds. The summed E-state index contributed by atoms with van der Waals surface area (Å²) in [6, 6.07) is 0. The molecule has 2 fully saturated rings. The Morgan fingerprint density at radius 3 is 2.14 bits per heavy atom. The molecule has 8 nitrogen and oxygen atoms in total. The molecule has 0 aliphatic carbocycles. The highest BCUT2D eigenvalue weighted by atomic mass is 32.2. The molecule has 0 aromatic heterocycles. The number of nitrogens with zero attached hydrogens (tertiary/aromatic N) is 2. The van der Waals surface area contributed by atoms with Crippen molar-refractivity contribution in [2.24, 2.45) is 11.8 Å². The maximum absolute atomic E-state index is 12.6. The largest absolute Gasteiger partial charge is 0.481 e. The summed E-state index contributed by atoms with van der Waals surface area (Å²) in [5, 5.41) is 9.33. The van der Waals surface area contributed by atoms with Gasteiger partial charge in [0, 0.05) is 26.2 Å². The number of carboxylic acids is 1. The smallest absolute Gasteiger partial charge is 0.310 e. The molecule has 0 saturated carbocycles. The fourth-order valence-electron chi connectivity index (χ4n) is 3.35. The van der Waals surface area contributed by atoms with Crippen molar-refractivity contribution in [2.75, 3.05) is 32.4 Å². The molecule has 4 unspecified atom stereocenters. The first-order valence-corrected chi connectivity index (χ1v) is 8.94. The van der Waals surface area contributed by atoms with Gasteiger partial charge in [0.05, 0.1) is 24.4 Å². The van der Waals surface area contributed by atoms with E-state index in [4.69, 9.17) is 4.74 Å². The Hall–Kier alpha value is -1.45. The highest BCUT2D eigenvalue weighted by Gasteiger charge is 2.54. The van der Waals surface area contributed by atoms with Crippen LogP contribution in [0.3, 0.4) is 0 Å². The maximum Gasteiger partial charge on any atom is 0.310 e. The Labute approximate surface area is 128 Å². The topological polar surface area (TPSA) is 104 Å². The van der Waals surface area contributed by atoms with Crippen LogP contribution >= 0.6 is 0 Å². The van der Waals surface area contributed by atoms with Crippen LogP contribution < -0.4 is 0 Å². The molecule has 0 radical (unpaired) electrons. The van der Waals surface area contributed by atoms with Gasteiger partial charge in [-0.2, -0.15) is 4.31 Å². The molecule has 3 heterocycles. The van der Waals surface area contributed by atoms with Crippen LogP contribution in [0.5, 0.6) is 0 Å². The monoisotopic (exact) mass is 330 g/mol. The van der Waals surface area contributed by atoms with Crippen molar-refractivity contribution in [3.05, 3.63) is 12.2 Å².